The van der Waals surface area contributed by atoms with Crippen LogP contribution in [0.15, 0.2) is 24.4 Å². The molecular formula is C17H21N5O. The molecule has 1 saturated heterocycles. The van der Waals surface area contributed by atoms with E-state index < -0.39 is 0 Å². The Bertz CT molecular complexity index is 719. The third kappa shape index (κ3) is 3.52. The number of nitrogens with zero attached hydrogens (tertiary/aromatic N) is 3. The second-order valence-electron chi connectivity index (χ2n) is 5.64. The van der Waals surface area contributed by atoms with E-state index in [9.17, 15) is 5.26 Å². The highest BCUT2D eigenvalue weighted by molar-refractivity contribution is 5.99. The molecule has 120 valence electrons. The lowest BCUT2D eigenvalue weighted by atomic mass is 10.1. The molecule has 0 amide bonds. The molecule has 2 aromatic rings. The molecule has 0 unspecified atom stereocenters. The summed E-state index contributed by atoms with van der Waals surface area (Å²) < 4.78 is 5.35. The van der Waals surface area contributed by atoms with Gasteiger partial charge in [-0.3, -0.25) is 9.88 Å². The summed E-state index contributed by atoms with van der Waals surface area (Å²) in [4.78, 5) is 6.71. The summed E-state index contributed by atoms with van der Waals surface area (Å²) in [6.07, 6.45) is 2.60. The van der Waals surface area contributed by atoms with Crippen molar-refractivity contribution in [2.24, 2.45) is 0 Å². The summed E-state index contributed by atoms with van der Waals surface area (Å²) in [6.45, 7) is 5.47. The van der Waals surface area contributed by atoms with E-state index >= 15 is 0 Å². The van der Waals surface area contributed by atoms with Crippen LogP contribution in [0.2, 0.25) is 0 Å². The molecule has 0 saturated carbocycles. The number of hydrogen-bond acceptors (Lipinski definition) is 6. The zero-order chi connectivity index (χ0) is 16.1. The summed E-state index contributed by atoms with van der Waals surface area (Å²) in [5.41, 5.74) is 8.72. The second-order valence-corrected chi connectivity index (χ2v) is 5.64. The Kier molecular flexibility index (Phi) is 4.91. The van der Waals surface area contributed by atoms with Gasteiger partial charge >= 0.3 is 0 Å². The van der Waals surface area contributed by atoms with Crippen LogP contribution in [-0.4, -0.2) is 49.3 Å². The lowest BCUT2D eigenvalue weighted by Gasteiger charge is -2.26. The van der Waals surface area contributed by atoms with E-state index in [1.165, 1.54) is 0 Å². The van der Waals surface area contributed by atoms with Crippen LogP contribution < -0.4 is 11.1 Å². The van der Waals surface area contributed by atoms with Crippen LogP contribution in [0.1, 0.15) is 12.0 Å². The van der Waals surface area contributed by atoms with Gasteiger partial charge in [0.15, 0.2) is 0 Å². The maximum atomic E-state index is 9.32. The predicted octanol–water partition coefficient (Wildman–Crippen LogP) is 1.82. The van der Waals surface area contributed by atoms with Crippen LogP contribution in [0.25, 0.3) is 10.9 Å². The summed E-state index contributed by atoms with van der Waals surface area (Å²) in [7, 11) is 0. The number of benzene rings is 1. The van der Waals surface area contributed by atoms with E-state index in [4.69, 9.17) is 10.5 Å². The van der Waals surface area contributed by atoms with Gasteiger partial charge in [-0.2, -0.15) is 5.26 Å². The maximum Gasteiger partial charge on any atom is 0.103 e. The topological polar surface area (TPSA) is 87.2 Å². The molecule has 0 spiro atoms. The van der Waals surface area contributed by atoms with Gasteiger partial charge in [-0.15, -0.1) is 0 Å². The van der Waals surface area contributed by atoms with Gasteiger partial charge < -0.3 is 15.8 Å². The number of aromatic nitrogens is 1. The number of anilines is 2. The van der Waals surface area contributed by atoms with Crippen molar-refractivity contribution in [3.05, 3.63) is 30.0 Å². The fourth-order valence-corrected chi connectivity index (χ4v) is 2.86. The number of morpholine rings is 1. The van der Waals surface area contributed by atoms with E-state index in [1.807, 2.05) is 18.2 Å². The smallest absolute Gasteiger partial charge is 0.103 e. The second kappa shape index (κ2) is 7.27. The number of ether oxygens (including phenoxy) is 1. The van der Waals surface area contributed by atoms with Crippen molar-refractivity contribution in [2.45, 2.75) is 6.42 Å². The first-order valence-corrected chi connectivity index (χ1v) is 7.91. The van der Waals surface area contributed by atoms with Crippen LogP contribution in [-0.2, 0) is 4.74 Å². The molecule has 3 N–H and O–H groups in total. The number of nitrogens with two attached hydrogens (primary N) is 1. The third-order valence-corrected chi connectivity index (χ3v) is 4.11. The number of hydrogen-bond donors (Lipinski definition) is 2. The molecule has 6 heteroatoms. The van der Waals surface area contributed by atoms with Gasteiger partial charge in [0.05, 0.1) is 35.7 Å². The number of rotatable bonds is 5. The molecular weight excluding hydrogens is 290 g/mol. The minimum atomic E-state index is 0.550. The van der Waals surface area contributed by atoms with Gasteiger partial charge in [0.1, 0.15) is 6.07 Å². The van der Waals surface area contributed by atoms with Crippen molar-refractivity contribution in [1.82, 2.24) is 9.88 Å². The van der Waals surface area contributed by atoms with Gasteiger partial charge in [0.2, 0.25) is 0 Å². The van der Waals surface area contributed by atoms with Crippen molar-refractivity contribution in [1.29, 1.82) is 5.26 Å². The van der Waals surface area contributed by atoms with E-state index in [1.54, 1.807) is 6.20 Å². The average Bonchev–Trinajstić information content (AvgIpc) is 2.60. The molecule has 6 nitrogen and oxygen atoms in total. The molecule has 0 bridgehead atoms. The monoisotopic (exact) mass is 311 g/mol. The summed E-state index contributed by atoms with van der Waals surface area (Å²) in [5, 5.41) is 13.6. The standard InChI is InChI=1S/C17H21N5O/c18-11-13-12-21-17-14(3-1-4-15(17)19)16(13)20-5-2-6-22-7-9-23-10-8-22/h1,3-4,12H,2,5-10,19H2,(H,20,21). The zero-order valence-electron chi connectivity index (χ0n) is 13.1. The Morgan fingerprint density at radius 3 is 2.96 bits per heavy atom. The van der Waals surface area contributed by atoms with Gasteiger partial charge in [0, 0.05) is 31.2 Å². The average molecular weight is 311 g/mol. The lowest BCUT2D eigenvalue weighted by molar-refractivity contribution is 0.0378. The van der Waals surface area contributed by atoms with Crippen LogP contribution in [0.3, 0.4) is 0 Å². The molecule has 2 heterocycles. The third-order valence-electron chi connectivity index (χ3n) is 4.11. The van der Waals surface area contributed by atoms with E-state index in [0.717, 1.165) is 62.4 Å². The molecule has 1 aromatic heterocycles. The van der Waals surface area contributed by atoms with Crippen LogP contribution in [0.4, 0.5) is 11.4 Å². The zero-order valence-corrected chi connectivity index (χ0v) is 13.1. The van der Waals surface area contributed by atoms with Crippen LogP contribution >= 0.6 is 0 Å². The Morgan fingerprint density at radius 2 is 2.17 bits per heavy atom. The lowest BCUT2D eigenvalue weighted by Crippen LogP contribution is -2.37. The van der Waals surface area contributed by atoms with Gasteiger partial charge in [-0.1, -0.05) is 12.1 Å². The van der Waals surface area contributed by atoms with Gasteiger partial charge in [-0.05, 0) is 19.0 Å². The molecule has 3 rings (SSSR count). The Balaban J connectivity index is 1.69. The van der Waals surface area contributed by atoms with Crippen molar-refractivity contribution >= 4 is 22.3 Å². The van der Waals surface area contributed by atoms with E-state index in [0.29, 0.717) is 11.3 Å². The van der Waals surface area contributed by atoms with Crippen molar-refractivity contribution < 1.29 is 4.74 Å². The van der Waals surface area contributed by atoms with Crippen molar-refractivity contribution in [3.63, 3.8) is 0 Å². The molecule has 0 aliphatic carbocycles. The first kappa shape index (κ1) is 15.5. The molecule has 1 fully saturated rings. The highest BCUT2D eigenvalue weighted by atomic mass is 16.5. The highest BCUT2D eigenvalue weighted by Gasteiger charge is 2.11. The number of fused-ring (bicyclic) bond motifs is 1. The van der Waals surface area contributed by atoms with Gasteiger partial charge in [-0.25, -0.2) is 0 Å². The minimum absolute atomic E-state index is 0.550. The molecule has 1 aromatic carbocycles. The van der Waals surface area contributed by atoms with Crippen molar-refractivity contribution in [3.8, 4) is 6.07 Å². The van der Waals surface area contributed by atoms with E-state index in [-0.39, 0.29) is 0 Å². The quantitative estimate of drug-likeness (QED) is 0.647. The molecule has 0 atom stereocenters. The number of para-hydroxylation sites is 1. The fourth-order valence-electron chi connectivity index (χ4n) is 2.86. The summed E-state index contributed by atoms with van der Waals surface area (Å²) >= 11 is 0. The van der Waals surface area contributed by atoms with Crippen LogP contribution in [0.5, 0.6) is 0 Å². The summed E-state index contributed by atoms with van der Waals surface area (Å²) in [6, 6.07) is 7.86. The first-order chi connectivity index (χ1) is 11.3. The minimum Gasteiger partial charge on any atom is -0.397 e. The molecule has 23 heavy (non-hydrogen) atoms. The Hall–Kier alpha value is -2.36. The van der Waals surface area contributed by atoms with E-state index in [2.05, 4.69) is 21.3 Å². The predicted molar refractivity (Wildman–Crippen MR) is 91.2 cm³/mol. The number of pyridine rings is 1. The SMILES string of the molecule is N#Cc1cnc2c(N)cccc2c1NCCCN1CCOCC1. The molecule has 1 aliphatic rings. The largest absolute Gasteiger partial charge is 0.397 e. The molecule has 0 radical (unpaired) electrons. The maximum absolute atomic E-state index is 9.32. The fraction of sp³-hybridized carbons (Fsp3) is 0.412. The number of nitriles is 1. The highest BCUT2D eigenvalue weighted by Crippen LogP contribution is 2.28. The normalized spacial score (nSPS) is 15.4. The molecule has 1 aliphatic heterocycles. The van der Waals surface area contributed by atoms with Gasteiger partial charge in [0.25, 0.3) is 0 Å². The Morgan fingerprint density at radius 1 is 1.35 bits per heavy atom. The number of nitrogen functional groups attached to an aromatic ring is 1. The summed E-state index contributed by atoms with van der Waals surface area (Å²) in [5.74, 6) is 0. The Labute approximate surface area is 135 Å². The first-order valence-electron chi connectivity index (χ1n) is 7.91. The number of nitrogens with one attached hydrogen (secondary N) is 1. The van der Waals surface area contributed by atoms with Crippen LogP contribution in [0, 0.1) is 11.3 Å². The van der Waals surface area contributed by atoms with Crippen molar-refractivity contribution in [2.75, 3.05) is 50.4 Å².